The molecule has 0 aliphatic carbocycles. The molecular formula is C19H26N4OS2. The van der Waals surface area contributed by atoms with Crippen LogP contribution in [0.1, 0.15) is 37.9 Å². The number of hydrogen-bond acceptors (Lipinski definition) is 6. The average Bonchev–Trinajstić information content (AvgIpc) is 3.06. The second-order valence-electron chi connectivity index (χ2n) is 6.46. The van der Waals surface area contributed by atoms with Crippen molar-refractivity contribution in [2.24, 2.45) is 5.92 Å². The summed E-state index contributed by atoms with van der Waals surface area (Å²) >= 11 is 2.83. The highest BCUT2D eigenvalue weighted by atomic mass is 32.2. The summed E-state index contributed by atoms with van der Waals surface area (Å²) in [6, 6.07) is 8.46. The lowest BCUT2D eigenvalue weighted by Crippen LogP contribution is -2.28. The lowest BCUT2D eigenvalue weighted by molar-refractivity contribution is -0.119. The fourth-order valence-electron chi connectivity index (χ4n) is 2.41. The lowest BCUT2D eigenvalue weighted by atomic mass is 10.00. The van der Waals surface area contributed by atoms with Crippen LogP contribution in [0.3, 0.4) is 0 Å². The van der Waals surface area contributed by atoms with Crippen LogP contribution in [0.2, 0.25) is 0 Å². The van der Waals surface area contributed by atoms with Gasteiger partial charge < -0.3 is 10.6 Å². The highest BCUT2D eigenvalue weighted by Gasteiger charge is 2.12. The van der Waals surface area contributed by atoms with Crippen LogP contribution in [0.15, 0.2) is 41.3 Å². The van der Waals surface area contributed by atoms with E-state index in [1.807, 2.05) is 6.92 Å². The van der Waals surface area contributed by atoms with E-state index in [9.17, 15) is 4.79 Å². The molecule has 5 nitrogen and oxygen atoms in total. The molecule has 2 N–H and O–H groups in total. The minimum atomic E-state index is -0.0181. The first-order valence-corrected chi connectivity index (χ1v) is 10.5. The van der Waals surface area contributed by atoms with E-state index < -0.39 is 0 Å². The molecular weight excluding hydrogens is 364 g/mol. The molecule has 2 rings (SSSR count). The number of benzene rings is 1. The van der Waals surface area contributed by atoms with Gasteiger partial charge in [-0.3, -0.25) is 4.79 Å². The number of carbonyl (C=O) groups excluding carboxylic acids is 1. The number of amides is 1. The predicted octanol–water partition coefficient (Wildman–Crippen LogP) is 4.30. The monoisotopic (exact) mass is 390 g/mol. The summed E-state index contributed by atoms with van der Waals surface area (Å²) in [5.41, 5.74) is 2.44. The van der Waals surface area contributed by atoms with Crippen molar-refractivity contribution in [1.82, 2.24) is 15.5 Å². The molecule has 7 heteroatoms. The molecule has 1 heterocycles. The molecule has 1 aromatic carbocycles. The zero-order chi connectivity index (χ0) is 18.9. The molecule has 0 saturated carbocycles. The second-order valence-corrected chi connectivity index (χ2v) is 8.66. The van der Waals surface area contributed by atoms with Crippen LogP contribution < -0.4 is 10.6 Å². The van der Waals surface area contributed by atoms with Gasteiger partial charge in [0.1, 0.15) is 0 Å². The third-order valence-corrected chi connectivity index (χ3v) is 5.65. The van der Waals surface area contributed by atoms with Gasteiger partial charge in [-0.2, -0.15) is 0 Å². The van der Waals surface area contributed by atoms with E-state index in [1.165, 1.54) is 28.7 Å². The first kappa shape index (κ1) is 20.5. The molecule has 2 aromatic rings. The predicted molar refractivity (Wildman–Crippen MR) is 111 cm³/mol. The smallest absolute Gasteiger partial charge is 0.230 e. The summed E-state index contributed by atoms with van der Waals surface area (Å²) in [4.78, 5) is 12.2. The quantitative estimate of drug-likeness (QED) is 0.467. The van der Waals surface area contributed by atoms with Crippen molar-refractivity contribution < 1.29 is 4.79 Å². The molecule has 0 radical (unpaired) electrons. The Hall–Kier alpha value is -1.86. The summed E-state index contributed by atoms with van der Waals surface area (Å²) in [5, 5.41) is 15.0. The number of nitrogens with one attached hydrogen (secondary N) is 2. The SMILES string of the molecule is C=CCNc1nnc(SCC(=O)N[C@@H](C)c2ccc(CC(C)C)cc2)s1. The minimum Gasteiger partial charge on any atom is -0.357 e. The van der Waals surface area contributed by atoms with Crippen molar-refractivity contribution in [2.45, 2.75) is 37.6 Å². The Morgan fingerprint density at radius 3 is 2.65 bits per heavy atom. The second kappa shape index (κ2) is 10.3. The van der Waals surface area contributed by atoms with Crippen molar-refractivity contribution in [1.29, 1.82) is 0 Å². The topological polar surface area (TPSA) is 66.9 Å². The Bertz CT molecular complexity index is 713. The van der Waals surface area contributed by atoms with Gasteiger partial charge in [-0.1, -0.05) is 67.3 Å². The van der Waals surface area contributed by atoms with E-state index in [1.54, 1.807) is 6.08 Å². The summed E-state index contributed by atoms with van der Waals surface area (Å²) in [5.74, 6) is 0.957. The largest absolute Gasteiger partial charge is 0.357 e. The first-order valence-electron chi connectivity index (χ1n) is 8.67. The fourth-order valence-corrected chi connectivity index (χ4v) is 3.98. The van der Waals surface area contributed by atoms with Gasteiger partial charge in [-0.05, 0) is 30.4 Å². The van der Waals surface area contributed by atoms with Gasteiger partial charge in [0.15, 0.2) is 4.34 Å². The van der Waals surface area contributed by atoms with Crippen molar-refractivity contribution in [3.8, 4) is 0 Å². The van der Waals surface area contributed by atoms with Crippen molar-refractivity contribution in [3.63, 3.8) is 0 Å². The minimum absolute atomic E-state index is 0.00967. The van der Waals surface area contributed by atoms with Gasteiger partial charge in [0.2, 0.25) is 11.0 Å². The van der Waals surface area contributed by atoms with Gasteiger partial charge in [-0.15, -0.1) is 16.8 Å². The molecule has 0 unspecified atom stereocenters. The number of aromatic nitrogens is 2. The molecule has 26 heavy (non-hydrogen) atoms. The maximum absolute atomic E-state index is 12.2. The van der Waals surface area contributed by atoms with Crippen LogP contribution in [0.4, 0.5) is 5.13 Å². The van der Waals surface area contributed by atoms with Crippen LogP contribution in [0.25, 0.3) is 0 Å². The average molecular weight is 391 g/mol. The summed E-state index contributed by atoms with van der Waals surface area (Å²) < 4.78 is 0.775. The van der Waals surface area contributed by atoms with Crippen LogP contribution in [-0.4, -0.2) is 28.4 Å². The van der Waals surface area contributed by atoms with Gasteiger partial charge in [-0.25, -0.2) is 0 Å². The maximum atomic E-state index is 12.2. The first-order chi connectivity index (χ1) is 12.5. The van der Waals surface area contributed by atoms with Crippen LogP contribution in [0, 0.1) is 5.92 Å². The van der Waals surface area contributed by atoms with Crippen LogP contribution in [-0.2, 0) is 11.2 Å². The molecule has 1 amide bonds. The molecule has 140 valence electrons. The van der Waals surface area contributed by atoms with E-state index in [-0.39, 0.29) is 11.9 Å². The summed E-state index contributed by atoms with van der Waals surface area (Å²) in [6.45, 7) is 10.7. The molecule has 0 saturated heterocycles. The lowest BCUT2D eigenvalue weighted by Gasteiger charge is -2.15. The number of nitrogens with zero attached hydrogens (tertiary/aromatic N) is 2. The van der Waals surface area contributed by atoms with E-state index >= 15 is 0 Å². The Balaban J connectivity index is 1.79. The van der Waals surface area contributed by atoms with Gasteiger partial charge in [0.05, 0.1) is 11.8 Å². The van der Waals surface area contributed by atoms with Crippen molar-refractivity contribution in [3.05, 3.63) is 48.0 Å². The molecule has 0 aliphatic rings. The standard InChI is InChI=1S/C19H26N4OS2/c1-5-10-20-18-22-23-19(26-18)25-12-17(24)21-14(4)16-8-6-15(7-9-16)11-13(2)3/h5-9,13-14H,1,10-12H2,2-4H3,(H,20,22)(H,21,24)/t14-/m0/s1. The van der Waals surface area contributed by atoms with E-state index in [0.29, 0.717) is 18.2 Å². The van der Waals surface area contributed by atoms with E-state index in [0.717, 1.165) is 21.5 Å². The number of carbonyl (C=O) groups is 1. The van der Waals surface area contributed by atoms with E-state index in [4.69, 9.17) is 0 Å². The Labute approximate surface area is 163 Å². The number of rotatable bonds is 10. The molecule has 0 fully saturated rings. The van der Waals surface area contributed by atoms with E-state index in [2.05, 4.69) is 65.5 Å². The maximum Gasteiger partial charge on any atom is 0.230 e. The third-order valence-electron chi connectivity index (χ3n) is 3.63. The Morgan fingerprint density at radius 2 is 2.00 bits per heavy atom. The Morgan fingerprint density at radius 1 is 1.27 bits per heavy atom. The van der Waals surface area contributed by atoms with Crippen molar-refractivity contribution >= 4 is 34.1 Å². The Kier molecular flexibility index (Phi) is 8.12. The fraction of sp³-hybridized carbons (Fsp3) is 0.421. The molecule has 0 bridgehead atoms. The molecule has 0 aliphatic heterocycles. The summed E-state index contributed by atoms with van der Waals surface area (Å²) in [6.07, 6.45) is 2.83. The van der Waals surface area contributed by atoms with Gasteiger partial charge in [0.25, 0.3) is 0 Å². The van der Waals surface area contributed by atoms with Crippen LogP contribution in [0.5, 0.6) is 0 Å². The van der Waals surface area contributed by atoms with Gasteiger partial charge >= 0.3 is 0 Å². The molecule has 1 aromatic heterocycles. The zero-order valence-electron chi connectivity index (χ0n) is 15.5. The number of anilines is 1. The van der Waals surface area contributed by atoms with Crippen molar-refractivity contribution in [2.75, 3.05) is 17.6 Å². The highest BCUT2D eigenvalue weighted by molar-refractivity contribution is 8.01. The molecule has 0 spiro atoms. The number of thioether (sulfide) groups is 1. The van der Waals surface area contributed by atoms with Crippen LogP contribution >= 0.6 is 23.1 Å². The normalized spacial score (nSPS) is 12.0. The summed E-state index contributed by atoms with van der Waals surface area (Å²) in [7, 11) is 0. The van der Waals surface area contributed by atoms with Gasteiger partial charge in [0, 0.05) is 6.54 Å². The third kappa shape index (κ3) is 6.80. The molecule has 1 atom stereocenters. The zero-order valence-corrected chi connectivity index (χ0v) is 17.1. The highest BCUT2D eigenvalue weighted by Crippen LogP contribution is 2.25. The number of hydrogen-bond donors (Lipinski definition) is 2.